The molecule has 0 aliphatic carbocycles. The summed E-state index contributed by atoms with van der Waals surface area (Å²) in [6, 6.07) is 6.31. The van der Waals surface area contributed by atoms with Crippen LogP contribution in [0.15, 0.2) is 22.7 Å². The summed E-state index contributed by atoms with van der Waals surface area (Å²) in [4.78, 5) is 13.4. The Morgan fingerprint density at radius 1 is 1.58 bits per heavy atom. The first-order chi connectivity index (χ1) is 9.12. The number of rotatable bonds is 3. The van der Waals surface area contributed by atoms with Crippen LogP contribution in [0.1, 0.15) is 12.0 Å². The van der Waals surface area contributed by atoms with Crippen LogP contribution in [0.2, 0.25) is 0 Å². The lowest BCUT2D eigenvalue weighted by atomic mass is 10.2. The summed E-state index contributed by atoms with van der Waals surface area (Å²) < 4.78 is 5.64. The molecule has 1 fully saturated rings. The third-order valence-corrected chi connectivity index (χ3v) is 3.70. The van der Waals surface area contributed by atoms with E-state index < -0.39 is 0 Å². The SMILES string of the molecule is COC(=O)NC1CCN(c2cc(Br)cc(CN)c2)C1. The Balaban J connectivity index is 2.04. The van der Waals surface area contributed by atoms with Crippen LogP contribution in [0, 0.1) is 0 Å². The van der Waals surface area contributed by atoms with Crippen LogP contribution in [0.25, 0.3) is 0 Å². The van der Waals surface area contributed by atoms with Crippen LogP contribution in [0.5, 0.6) is 0 Å². The van der Waals surface area contributed by atoms with E-state index in [1.807, 2.05) is 6.07 Å². The number of amides is 1. The lowest BCUT2D eigenvalue weighted by molar-refractivity contribution is 0.167. The van der Waals surface area contributed by atoms with Crippen molar-refractivity contribution in [3.8, 4) is 0 Å². The number of alkyl carbamates (subject to hydrolysis) is 1. The van der Waals surface area contributed by atoms with Gasteiger partial charge in [-0.1, -0.05) is 15.9 Å². The highest BCUT2D eigenvalue weighted by Gasteiger charge is 2.24. The lowest BCUT2D eigenvalue weighted by Gasteiger charge is -2.20. The molecule has 2 rings (SSSR count). The van der Waals surface area contributed by atoms with Crippen molar-refractivity contribution in [1.29, 1.82) is 0 Å². The fourth-order valence-electron chi connectivity index (χ4n) is 2.27. The van der Waals surface area contributed by atoms with Crippen molar-refractivity contribution in [2.24, 2.45) is 5.73 Å². The molecule has 0 radical (unpaired) electrons. The maximum Gasteiger partial charge on any atom is 0.407 e. The molecule has 104 valence electrons. The Morgan fingerprint density at radius 2 is 2.37 bits per heavy atom. The van der Waals surface area contributed by atoms with Crippen LogP contribution >= 0.6 is 15.9 Å². The van der Waals surface area contributed by atoms with Gasteiger partial charge in [-0.25, -0.2) is 4.79 Å². The Kier molecular flexibility index (Phi) is 4.66. The number of benzene rings is 1. The molecule has 0 bridgehead atoms. The lowest BCUT2D eigenvalue weighted by Crippen LogP contribution is -2.36. The number of carbonyl (C=O) groups is 1. The van der Waals surface area contributed by atoms with E-state index in [1.165, 1.54) is 7.11 Å². The minimum Gasteiger partial charge on any atom is -0.453 e. The van der Waals surface area contributed by atoms with Gasteiger partial charge < -0.3 is 20.7 Å². The molecule has 0 spiro atoms. The highest BCUT2D eigenvalue weighted by molar-refractivity contribution is 9.10. The molecule has 19 heavy (non-hydrogen) atoms. The summed E-state index contributed by atoms with van der Waals surface area (Å²) in [5.74, 6) is 0. The Bertz CT molecular complexity index is 467. The standard InChI is InChI=1S/C13H18BrN3O2/c1-19-13(18)16-11-2-3-17(8-11)12-5-9(7-15)4-10(14)6-12/h4-6,11H,2-3,7-8,15H2,1H3,(H,16,18). The highest BCUT2D eigenvalue weighted by Crippen LogP contribution is 2.26. The molecule has 1 amide bonds. The van der Waals surface area contributed by atoms with Gasteiger partial charge >= 0.3 is 6.09 Å². The van der Waals surface area contributed by atoms with E-state index in [0.29, 0.717) is 6.54 Å². The Morgan fingerprint density at radius 3 is 3.05 bits per heavy atom. The van der Waals surface area contributed by atoms with E-state index >= 15 is 0 Å². The molecule has 0 saturated carbocycles. The topological polar surface area (TPSA) is 67.6 Å². The molecule has 1 aromatic rings. The smallest absolute Gasteiger partial charge is 0.407 e. The van der Waals surface area contributed by atoms with Gasteiger partial charge in [-0.05, 0) is 30.2 Å². The van der Waals surface area contributed by atoms with Crippen LogP contribution in [0.3, 0.4) is 0 Å². The number of methoxy groups -OCH3 is 1. The number of anilines is 1. The molecular formula is C13H18BrN3O2. The van der Waals surface area contributed by atoms with Crippen molar-refractivity contribution in [3.05, 3.63) is 28.2 Å². The first-order valence-corrected chi connectivity index (χ1v) is 7.00. The van der Waals surface area contributed by atoms with Crippen LogP contribution in [-0.4, -0.2) is 32.3 Å². The van der Waals surface area contributed by atoms with Crippen molar-refractivity contribution in [3.63, 3.8) is 0 Å². The second kappa shape index (κ2) is 6.25. The predicted molar refractivity (Wildman–Crippen MR) is 78.2 cm³/mol. The number of hydrogen-bond acceptors (Lipinski definition) is 4. The van der Waals surface area contributed by atoms with Gasteiger partial charge in [-0.2, -0.15) is 0 Å². The van der Waals surface area contributed by atoms with Crippen LogP contribution in [-0.2, 0) is 11.3 Å². The number of nitrogens with one attached hydrogen (secondary N) is 1. The molecule has 1 aromatic carbocycles. The van der Waals surface area contributed by atoms with Gasteiger partial charge in [0, 0.05) is 29.8 Å². The summed E-state index contributed by atoms with van der Waals surface area (Å²) in [7, 11) is 1.38. The average Bonchev–Trinajstić information content (AvgIpc) is 2.86. The number of halogens is 1. The molecule has 1 aliphatic rings. The van der Waals surface area contributed by atoms with Crippen molar-refractivity contribution < 1.29 is 9.53 Å². The first-order valence-electron chi connectivity index (χ1n) is 6.21. The normalized spacial score (nSPS) is 18.5. The zero-order chi connectivity index (χ0) is 13.8. The Labute approximate surface area is 121 Å². The van der Waals surface area contributed by atoms with E-state index in [9.17, 15) is 4.79 Å². The highest BCUT2D eigenvalue weighted by atomic mass is 79.9. The van der Waals surface area contributed by atoms with Gasteiger partial charge in [0.05, 0.1) is 13.2 Å². The summed E-state index contributed by atoms with van der Waals surface area (Å²) in [5, 5.41) is 2.83. The number of nitrogens with zero attached hydrogens (tertiary/aromatic N) is 1. The molecule has 1 heterocycles. The summed E-state index contributed by atoms with van der Waals surface area (Å²) >= 11 is 3.50. The monoisotopic (exact) mass is 327 g/mol. The minimum atomic E-state index is -0.372. The molecule has 5 nitrogen and oxygen atoms in total. The molecule has 1 aliphatic heterocycles. The summed E-state index contributed by atoms with van der Waals surface area (Å²) in [6.45, 7) is 2.22. The van der Waals surface area contributed by atoms with Crippen molar-refractivity contribution in [1.82, 2.24) is 5.32 Å². The van der Waals surface area contributed by atoms with Crippen molar-refractivity contribution in [2.75, 3.05) is 25.1 Å². The largest absolute Gasteiger partial charge is 0.453 e. The van der Waals surface area contributed by atoms with Gasteiger partial charge in [-0.3, -0.25) is 0 Å². The summed E-state index contributed by atoms with van der Waals surface area (Å²) in [5.41, 5.74) is 7.90. The number of carbonyl (C=O) groups excluding carboxylic acids is 1. The zero-order valence-electron chi connectivity index (χ0n) is 10.9. The van der Waals surface area contributed by atoms with E-state index in [-0.39, 0.29) is 12.1 Å². The van der Waals surface area contributed by atoms with Gasteiger partial charge in [0.1, 0.15) is 0 Å². The molecule has 1 atom stereocenters. The fraction of sp³-hybridized carbons (Fsp3) is 0.462. The number of nitrogens with two attached hydrogens (primary N) is 1. The van der Waals surface area contributed by atoms with Gasteiger partial charge in [0.15, 0.2) is 0 Å². The summed E-state index contributed by atoms with van der Waals surface area (Å²) in [6.07, 6.45) is 0.545. The predicted octanol–water partition coefficient (Wildman–Crippen LogP) is 1.84. The van der Waals surface area contributed by atoms with E-state index in [1.54, 1.807) is 0 Å². The third kappa shape index (κ3) is 3.61. The quantitative estimate of drug-likeness (QED) is 0.889. The molecule has 1 saturated heterocycles. The van der Waals surface area contributed by atoms with Gasteiger partial charge in [0.25, 0.3) is 0 Å². The van der Waals surface area contributed by atoms with E-state index in [4.69, 9.17) is 5.73 Å². The molecular weight excluding hydrogens is 310 g/mol. The van der Waals surface area contributed by atoms with E-state index in [0.717, 1.165) is 35.2 Å². The second-order valence-electron chi connectivity index (χ2n) is 4.59. The van der Waals surface area contributed by atoms with E-state index in [2.05, 4.69) is 43.0 Å². The first kappa shape index (κ1) is 14.1. The van der Waals surface area contributed by atoms with Crippen molar-refractivity contribution in [2.45, 2.75) is 19.0 Å². The van der Waals surface area contributed by atoms with Gasteiger partial charge in [0.2, 0.25) is 0 Å². The maximum atomic E-state index is 11.2. The van der Waals surface area contributed by atoms with Crippen molar-refractivity contribution >= 4 is 27.7 Å². The third-order valence-electron chi connectivity index (χ3n) is 3.24. The molecule has 1 unspecified atom stereocenters. The molecule has 6 heteroatoms. The fourth-order valence-corrected chi connectivity index (χ4v) is 2.80. The zero-order valence-corrected chi connectivity index (χ0v) is 12.4. The average molecular weight is 328 g/mol. The van der Waals surface area contributed by atoms with Crippen LogP contribution < -0.4 is 16.0 Å². The van der Waals surface area contributed by atoms with Gasteiger partial charge in [-0.15, -0.1) is 0 Å². The maximum absolute atomic E-state index is 11.2. The number of hydrogen-bond donors (Lipinski definition) is 2. The second-order valence-corrected chi connectivity index (χ2v) is 5.51. The Hall–Kier alpha value is -1.27. The number of ether oxygens (including phenoxy) is 1. The minimum absolute atomic E-state index is 0.132. The molecule has 0 aromatic heterocycles. The molecule has 3 N–H and O–H groups in total. The van der Waals surface area contributed by atoms with Crippen LogP contribution in [0.4, 0.5) is 10.5 Å².